The Balaban J connectivity index is 1.06. The quantitative estimate of drug-likeness (QED) is 0.143. The molecule has 1 aliphatic rings. The number of nitrogens with zero attached hydrogens (tertiary/aromatic N) is 6. The van der Waals surface area contributed by atoms with Crippen molar-refractivity contribution in [1.82, 2.24) is 29.5 Å². The molecule has 1 aliphatic heterocycles. The monoisotopic (exact) mass is 656 g/mol. The summed E-state index contributed by atoms with van der Waals surface area (Å²) >= 11 is 4.95. The summed E-state index contributed by atoms with van der Waals surface area (Å²) in [5.41, 5.74) is 5.75. The van der Waals surface area contributed by atoms with Gasteiger partial charge in [0.25, 0.3) is 5.91 Å². The van der Waals surface area contributed by atoms with Gasteiger partial charge >= 0.3 is 0 Å². The van der Waals surface area contributed by atoms with E-state index in [9.17, 15) is 9.59 Å². The Labute approximate surface area is 263 Å². The first-order valence-electron chi connectivity index (χ1n) is 14.5. The van der Waals surface area contributed by atoms with Gasteiger partial charge in [0, 0.05) is 59.8 Å². The number of amides is 2. The molecular weight excluding hydrogens is 624 g/mol. The average Bonchev–Trinajstić information content (AvgIpc) is 3.31. The van der Waals surface area contributed by atoms with E-state index in [1.807, 2.05) is 59.2 Å². The third-order valence-electron chi connectivity index (χ3n) is 7.88. The zero-order chi connectivity index (χ0) is 29.9. The molecular formula is C33H33BrN6O2S. The standard InChI is InChI=1S/C33H33BrN6O2S/c1-22-10-15-28-27(19-22)30-31(40(28)21-24-7-4-3-5-8-24)35-33(37-36-30)43-18-6-9-29(41)38-16-17-39(23(2)20-38)32(42)25-11-13-26(34)14-12-25/h3-5,7-8,10-15,19,23H,6,9,16-18,20-21H2,1-2H3. The highest BCUT2D eigenvalue weighted by atomic mass is 79.9. The van der Waals surface area contributed by atoms with Crippen LogP contribution in [0.1, 0.15) is 41.3 Å². The molecule has 5 aromatic rings. The van der Waals surface area contributed by atoms with E-state index in [1.54, 1.807) is 0 Å². The molecule has 0 saturated carbocycles. The highest BCUT2D eigenvalue weighted by Gasteiger charge is 2.30. The van der Waals surface area contributed by atoms with E-state index in [0.717, 1.165) is 26.5 Å². The van der Waals surface area contributed by atoms with Crippen molar-refractivity contribution in [2.45, 2.75) is 44.4 Å². The molecule has 220 valence electrons. The Bertz CT molecular complexity index is 1780. The number of benzene rings is 3. The molecule has 3 aromatic carbocycles. The minimum absolute atomic E-state index is 0.00650. The van der Waals surface area contributed by atoms with Gasteiger partial charge in [0.2, 0.25) is 11.1 Å². The second kappa shape index (κ2) is 12.9. The number of carbonyl (C=O) groups excluding carboxylic acids is 2. The molecule has 0 bridgehead atoms. The Morgan fingerprint density at radius 1 is 1.00 bits per heavy atom. The van der Waals surface area contributed by atoms with Crippen LogP contribution in [0.2, 0.25) is 0 Å². The number of piperazine rings is 1. The van der Waals surface area contributed by atoms with Crippen molar-refractivity contribution in [2.24, 2.45) is 0 Å². The maximum Gasteiger partial charge on any atom is 0.254 e. The van der Waals surface area contributed by atoms with Gasteiger partial charge in [0.1, 0.15) is 5.52 Å². The number of hydrogen-bond donors (Lipinski definition) is 0. The molecule has 3 heterocycles. The van der Waals surface area contributed by atoms with Crippen LogP contribution in [0.25, 0.3) is 22.1 Å². The molecule has 1 saturated heterocycles. The fourth-order valence-corrected chi connectivity index (χ4v) is 6.62. The lowest BCUT2D eigenvalue weighted by Crippen LogP contribution is -2.55. The summed E-state index contributed by atoms with van der Waals surface area (Å²) in [6.45, 7) is 6.41. The van der Waals surface area contributed by atoms with E-state index >= 15 is 0 Å². The predicted octanol–water partition coefficient (Wildman–Crippen LogP) is 6.34. The van der Waals surface area contributed by atoms with Gasteiger partial charge in [-0.15, -0.1) is 10.2 Å². The molecule has 0 aliphatic carbocycles. The first-order chi connectivity index (χ1) is 20.9. The maximum atomic E-state index is 13.0. The number of fused-ring (bicyclic) bond motifs is 3. The number of carbonyl (C=O) groups is 2. The van der Waals surface area contributed by atoms with Crippen LogP contribution in [-0.2, 0) is 11.3 Å². The Kier molecular flexibility index (Phi) is 8.76. The van der Waals surface area contributed by atoms with Gasteiger partial charge < -0.3 is 14.4 Å². The molecule has 0 spiro atoms. The lowest BCUT2D eigenvalue weighted by molar-refractivity contribution is -0.133. The van der Waals surface area contributed by atoms with Crippen LogP contribution in [0.5, 0.6) is 0 Å². The average molecular weight is 658 g/mol. The zero-order valence-electron chi connectivity index (χ0n) is 24.2. The Morgan fingerprint density at radius 2 is 1.79 bits per heavy atom. The van der Waals surface area contributed by atoms with Gasteiger partial charge in [-0.2, -0.15) is 0 Å². The van der Waals surface area contributed by atoms with Crippen molar-refractivity contribution in [2.75, 3.05) is 25.4 Å². The van der Waals surface area contributed by atoms with Crippen molar-refractivity contribution in [1.29, 1.82) is 0 Å². The fourth-order valence-electron chi connectivity index (χ4n) is 5.63. The van der Waals surface area contributed by atoms with Crippen LogP contribution in [0.4, 0.5) is 0 Å². The molecule has 1 unspecified atom stereocenters. The summed E-state index contributed by atoms with van der Waals surface area (Å²) in [4.78, 5) is 34.7. The number of hydrogen-bond acceptors (Lipinski definition) is 6. The van der Waals surface area contributed by atoms with Gasteiger partial charge in [-0.05, 0) is 62.2 Å². The van der Waals surface area contributed by atoms with Crippen LogP contribution in [0.3, 0.4) is 0 Å². The van der Waals surface area contributed by atoms with E-state index < -0.39 is 0 Å². The number of aryl methyl sites for hydroxylation is 1. The fraction of sp³-hybridized carbons (Fsp3) is 0.303. The summed E-state index contributed by atoms with van der Waals surface area (Å²) in [5.74, 6) is 0.845. The third-order valence-corrected chi connectivity index (χ3v) is 9.34. The second-order valence-corrected chi connectivity index (χ2v) is 13.0. The zero-order valence-corrected chi connectivity index (χ0v) is 26.6. The molecule has 1 fully saturated rings. The normalized spacial score (nSPS) is 15.4. The SMILES string of the molecule is Cc1ccc2c(c1)c1nnc(SCCCC(=O)N3CCN(C(=O)c4ccc(Br)cc4)C(C)C3)nc1n2Cc1ccccc1. The summed E-state index contributed by atoms with van der Waals surface area (Å²) < 4.78 is 3.15. The van der Waals surface area contributed by atoms with E-state index in [2.05, 4.69) is 67.9 Å². The third kappa shape index (κ3) is 6.45. The predicted molar refractivity (Wildman–Crippen MR) is 174 cm³/mol. The molecule has 2 amide bonds. The van der Waals surface area contributed by atoms with Crippen LogP contribution in [0, 0.1) is 6.92 Å². The molecule has 6 rings (SSSR count). The summed E-state index contributed by atoms with van der Waals surface area (Å²) in [7, 11) is 0. The number of rotatable bonds is 8. The van der Waals surface area contributed by atoms with Crippen molar-refractivity contribution >= 4 is 61.6 Å². The van der Waals surface area contributed by atoms with Crippen molar-refractivity contribution < 1.29 is 9.59 Å². The Morgan fingerprint density at radius 3 is 2.56 bits per heavy atom. The largest absolute Gasteiger partial charge is 0.339 e. The molecule has 2 aromatic heterocycles. The lowest BCUT2D eigenvalue weighted by Gasteiger charge is -2.40. The van der Waals surface area contributed by atoms with Crippen molar-refractivity contribution in [3.63, 3.8) is 0 Å². The second-order valence-electron chi connectivity index (χ2n) is 11.0. The van der Waals surface area contributed by atoms with E-state index in [-0.39, 0.29) is 17.9 Å². The van der Waals surface area contributed by atoms with Crippen LogP contribution in [-0.4, -0.2) is 72.8 Å². The minimum Gasteiger partial charge on any atom is -0.339 e. The molecule has 0 radical (unpaired) electrons. The summed E-state index contributed by atoms with van der Waals surface area (Å²) in [6.07, 6.45) is 1.16. The van der Waals surface area contributed by atoms with E-state index in [4.69, 9.17) is 4.98 Å². The first-order valence-corrected chi connectivity index (χ1v) is 16.3. The molecule has 1 atom stereocenters. The molecule has 0 N–H and O–H groups in total. The van der Waals surface area contributed by atoms with E-state index in [0.29, 0.717) is 55.5 Å². The molecule has 8 nitrogen and oxygen atoms in total. The highest BCUT2D eigenvalue weighted by Crippen LogP contribution is 2.29. The summed E-state index contributed by atoms with van der Waals surface area (Å²) in [6, 6.07) is 24.1. The first kappa shape index (κ1) is 29.3. The number of halogens is 1. The van der Waals surface area contributed by atoms with Gasteiger partial charge in [-0.25, -0.2) is 4.98 Å². The topological polar surface area (TPSA) is 84.2 Å². The van der Waals surface area contributed by atoms with Crippen molar-refractivity contribution in [3.8, 4) is 0 Å². The number of aromatic nitrogens is 4. The smallest absolute Gasteiger partial charge is 0.254 e. The Hall–Kier alpha value is -3.76. The molecule has 43 heavy (non-hydrogen) atoms. The van der Waals surface area contributed by atoms with E-state index in [1.165, 1.54) is 22.9 Å². The van der Waals surface area contributed by atoms with Crippen molar-refractivity contribution in [3.05, 3.63) is 94.0 Å². The molecule has 10 heteroatoms. The minimum atomic E-state index is -0.0409. The summed E-state index contributed by atoms with van der Waals surface area (Å²) in [5, 5.41) is 10.7. The highest BCUT2D eigenvalue weighted by molar-refractivity contribution is 9.10. The van der Waals surface area contributed by atoms with Crippen LogP contribution < -0.4 is 0 Å². The van der Waals surface area contributed by atoms with Gasteiger partial charge in [0.15, 0.2) is 5.65 Å². The van der Waals surface area contributed by atoms with Crippen LogP contribution >= 0.6 is 27.7 Å². The van der Waals surface area contributed by atoms with Gasteiger partial charge in [-0.3, -0.25) is 9.59 Å². The maximum absolute atomic E-state index is 13.0. The van der Waals surface area contributed by atoms with Crippen LogP contribution in [0.15, 0.2) is 82.4 Å². The van der Waals surface area contributed by atoms with Gasteiger partial charge in [-0.1, -0.05) is 69.7 Å². The van der Waals surface area contributed by atoms with Gasteiger partial charge in [0.05, 0.1) is 5.52 Å². The lowest BCUT2D eigenvalue weighted by atomic mass is 10.1. The number of thioether (sulfide) groups is 1.